The van der Waals surface area contributed by atoms with Gasteiger partial charge in [-0.15, -0.1) is 5.10 Å². The molecular weight excluding hydrogens is 753 g/mol. The van der Waals surface area contributed by atoms with E-state index >= 15 is 0 Å². The van der Waals surface area contributed by atoms with Crippen LogP contribution in [0.5, 0.6) is 0 Å². The Morgan fingerprint density at radius 1 is 0.712 bits per heavy atom. The van der Waals surface area contributed by atoms with Gasteiger partial charge in [-0.25, -0.2) is 4.68 Å². The molecule has 1 unspecified atom stereocenters. The molecule has 0 bridgehead atoms. The molecular formula is C49H54N6O3S. The quantitative estimate of drug-likeness (QED) is 0.0735. The Labute approximate surface area is 352 Å². The first-order chi connectivity index (χ1) is 28.7. The fourth-order valence-electron chi connectivity index (χ4n) is 7.76. The molecule has 0 radical (unpaired) electrons. The molecule has 2 atom stereocenters. The van der Waals surface area contributed by atoms with E-state index in [0.717, 1.165) is 45.4 Å². The molecule has 0 spiro atoms. The van der Waals surface area contributed by atoms with E-state index < -0.39 is 5.54 Å². The van der Waals surface area contributed by atoms with Crippen LogP contribution in [0.15, 0.2) is 140 Å². The fourth-order valence-corrected chi connectivity index (χ4v) is 8.49. The summed E-state index contributed by atoms with van der Waals surface area (Å²) in [6, 6.07) is 47.7. The Morgan fingerprint density at radius 3 is 1.81 bits per heavy atom. The number of Topliss-reactive ketones (excluding diaryl/α,β-unsaturated/α-hetero) is 1. The number of nitrogens with one attached hydrogen (secondary N) is 2. The Morgan fingerprint density at radius 2 is 1.27 bits per heavy atom. The zero-order valence-electron chi connectivity index (χ0n) is 34.4. The third-order valence-electron chi connectivity index (χ3n) is 10.6. The number of benzene rings is 5. The maximum Gasteiger partial charge on any atom is 0.223 e. The highest BCUT2D eigenvalue weighted by atomic mass is 32.2. The van der Waals surface area contributed by atoms with Crippen LogP contribution < -0.4 is 10.6 Å². The molecule has 0 saturated carbocycles. The van der Waals surface area contributed by atoms with Crippen LogP contribution >= 0.6 is 11.8 Å². The van der Waals surface area contributed by atoms with Gasteiger partial charge in [0.25, 0.3) is 0 Å². The van der Waals surface area contributed by atoms with Crippen LogP contribution in [0.2, 0.25) is 0 Å². The summed E-state index contributed by atoms with van der Waals surface area (Å²) in [6.45, 7) is 8.92. The van der Waals surface area contributed by atoms with Gasteiger partial charge in [-0.05, 0) is 62.6 Å². The third kappa shape index (κ3) is 10.5. The fraction of sp³-hybridized carbons (Fsp3) is 0.306. The van der Waals surface area contributed by atoms with Crippen molar-refractivity contribution in [2.24, 2.45) is 17.8 Å². The second-order valence-corrected chi connectivity index (χ2v) is 16.6. The minimum Gasteiger partial charge on any atom is -0.355 e. The first-order valence-electron chi connectivity index (χ1n) is 20.5. The number of hydrogen-bond donors (Lipinski definition) is 2. The molecule has 0 aliphatic carbocycles. The number of ketones is 1. The normalized spacial score (nSPS) is 12.6. The SMILES string of the molecule is CCCC(=O)[C@@H](CNCc1ccc(-c2ccccc2-c2nnnn2C(c2ccccc2)(c2ccccc2)c2ccccc2)cc1)CNC(=O)C(CSC(C)=O)CC(C)C. The van der Waals surface area contributed by atoms with Gasteiger partial charge in [-0.2, -0.15) is 0 Å². The van der Waals surface area contributed by atoms with Crippen molar-refractivity contribution in [3.05, 3.63) is 162 Å². The van der Waals surface area contributed by atoms with Gasteiger partial charge in [0.15, 0.2) is 10.9 Å². The summed E-state index contributed by atoms with van der Waals surface area (Å²) in [6.07, 6.45) is 1.89. The lowest BCUT2D eigenvalue weighted by atomic mass is 9.77. The molecule has 2 N–H and O–H groups in total. The number of thioether (sulfide) groups is 1. The number of carbonyl (C=O) groups excluding carboxylic acids is 3. The zero-order chi connectivity index (χ0) is 41.6. The summed E-state index contributed by atoms with van der Waals surface area (Å²) >= 11 is 1.18. The molecule has 1 amide bonds. The Bertz CT molecular complexity index is 2170. The van der Waals surface area contributed by atoms with Gasteiger partial charge in [0.1, 0.15) is 11.3 Å². The van der Waals surface area contributed by atoms with Crippen LogP contribution in [0.1, 0.15) is 69.2 Å². The van der Waals surface area contributed by atoms with E-state index in [1.807, 2.05) is 78.3 Å². The lowest BCUT2D eigenvalue weighted by molar-refractivity contribution is -0.126. The second-order valence-electron chi connectivity index (χ2n) is 15.4. The number of nitrogens with zero attached hydrogens (tertiary/aromatic N) is 4. The maximum atomic E-state index is 13.2. The molecule has 0 saturated heterocycles. The van der Waals surface area contributed by atoms with Crippen LogP contribution in [-0.2, 0) is 26.5 Å². The molecule has 0 fully saturated rings. The predicted molar refractivity (Wildman–Crippen MR) is 238 cm³/mol. The minimum atomic E-state index is -0.880. The van der Waals surface area contributed by atoms with Crippen LogP contribution in [-0.4, -0.2) is 55.9 Å². The smallest absolute Gasteiger partial charge is 0.223 e. The molecule has 0 aliphatic rings. The van der Waals surface area contributed by atoms with E-state index in [1.54, 1.807) is 0 Å². The average molecular weight is 807 g/mol. The zero-order valence-corrected chi connectivity index (χ0v) is 35.2. The van der Waals surface area contributed by atoms with E-state index in [0.29, 0.717) is 43.4 Å². The van der Waals surface area contributed by atoms with Gasteiger partial charge in [0.2, 0.25) is 5.91 Å². The van der Waals surface area contributed by atoms with E-state index in [2.05, 4.69) is 102 Å². The monoisotopic (exact) mass is 806 g/mol. The van der Waals surface area contributed by atoms with Crippen LogP contribution in [0.3, 0.4) is 0 Å². The molecule has 1 aromatic heterocycles. The molecule has 1 heterocycles. The summed E-state index contributed by atoms with van der Waals surface area (Å²) in [4.78, 5) is 38.0. The number of carbonyl (C=O) groups is 3. The predicted octanol–water partition coefficient (Wildman–Crippen LogP) is 8.98. The highest BCUT2D eigenvalue weighted by molar-refractivity contribution is 8.13. The second kappa shape index (κ2) is 20.8. The van der Waals surface area contributed by atoms with Crippen molar-refractivity contribution < 1.29 is 14.4 Å². The summed E-state index contributed by atoms with van der Waals surface area (Å²) in [5.74, 6) is 0.777. The molecule has 5 aromatic carbocycles. The Kier molecular flexibility index (Phi) is 15.1. The average Bonchev–Trinajstić information content (AvgIpc) is 3.75. The van der Waals surface area contributed by atoms with Crippen molar-refractivity contribution in [2.75, 3.05) is 18.8 Å². The van der Waals surface area contributed by atoms with E-state index in [4.69, 9.17) is 10.3 Å². The largest absolute Gasteiger partial charge is 0.355 e. The summed E-state index contributed by atoms with van der Waals surface area (Å²) in [7, 11) is 0. The minimum absolute atomic E-state index is 0.00155. The van der Waals surface area contributed by atoms with Crippen LogP contribution in [0.4, 0.5) is 0 Å². The van der Waals surface area contributed by atoms with E-state index in [-0.39, 0.29) is 35.2 Å². The van der Waals surface area contributed by atoms with E-state index in [9.17, 15) is 14.4 Å². The maximum absolute atomic E-state index is 13.2. The van der Waals surface area contributed by atoms with Crippen molar-refractivity contribution in [3.63, 3.8) is 0 Å². The molecule has 59 heavy (non-hydrogen) atoms. The third-order valence-corrected chi connectivity index (χ3v) is 11.6. The number of rotatable bonds is 20. The highest BCUT2D eigenvalue weighted by Gasteiger charge is 2.42. The van der Waals surface area contributed by atoms with Crippen LogP contribution in [0.25, 0.3) is 22.5 Å². The summed E-state index contributed by atoms with van der Waals surface area (Å²) in [5, 5.41) is 20.3. The Balaban J connectivity index is 1.23. The van der Waals surface area contributed by atoms with Gasteiger partial charge in [0.05, 0.1) is 0 Å². The molecule has 9 nitrogen and oxygen atoms in total. The van der Waals surface area contributed by atoms with Gasteiger partial charge in [-0.3, -0.25) is 14.4 Å². The molecule has 6 rings (SSSR count). The molecule has 6 aromatic rings. The van der Waals surface area contributed by atoms with Crippen molar-refractivity contribution in [1.82, 2.24) is 30.8 Å². The van der Waals surface area contributed by atoms with Crippen molar-refractivity contribution in [1.29, 1.82) is 0 Å². The van der Waals surface area contributed by atoms with Gasteiger partial charge >= 0.3 is 0 Å². The lowest BCUT2D eigenvalue weighted by Crippen LogP contribution is -2.41. The van der Waals surface area contributed by atoms with Gasteiger partial charge in [0, 0.05) is 56.1 Å². The lowest BCUT2D eigenvalue weighted by Gasteiger charge is -2.36. The molecule has 10 heteroatoms. The van der Waals surface area contributed by atoms with Crippen LogP contribution in [0, 0.1) is 17.8 Å². The summed E-state index contributed by atoms with van der Waals surface area (Å²) < 4.78 is 1.96. The van der Waals surface area contributed by atoms with Gasteiger partial charge in [-0.1, -0.05) is 172 Å². The van der Waals surface area contributed by atoms with Crippen molar-refractivity contribution >= 4 is 28.6 Å². The van der Waals surface area contributed by atoms with E-state index in [1.165, 1.54) is 18.7 Å². The molecule has 304 valence electrons. The van der Waals surface area contributed by atoms with Gasteiger partial charge < -0.3 is 10.6 Å². The Hall–Kier alpha value is -5.71. The molecule has 0 aliphatic heterocycles. The number of amides is 1. The number of aromatic nitrogens is 4. The van der Waals surface area contributed by atoms with Crippen molar-refractivity contribution in [2.45, 2.75) is 59.0 Å². The summed E-state index contributed by atoms with van der Waals surface area (Å²) in [5.41, 5.74) is 6.17. The van der Waals surface area contributed by atoms with Crippen molar-refractivity contribution in [3.8, 4) is 22.5 Å². The number of tetrazole rings is 1. The first-order valence-corrected chi connectivity index (χ1v) is 21.5. The highest BCUT2D eigenvalue weighted by Crippen LogP contribution is 2.43. The topological polar surface area (TPSA) is 119 Å². The standard InChI is InChI=1S/C49H54N6O3S/c1-5-17-46(57)40(33-51-48(58)39(30-35(2)3)34-59-36(4)56)32-50-31-37-26-28-38(29-27-37)44-24-15-16-25-45(44)47-52-53-54-55(47)49(41-18-9-6-10-19-41,42-20-11-7-12-21-42)43-22-13-8-14-23-43/h6-16,18-29,35,39-40,50H,5,17,30-34H2,1-4H3,(H,51,58)/t39?,40-/m0/s1. The first kappa shape index (κ1) is 42.9. The number of hydrogen-bond acceptors (Lipinski definition) is 8.